The van der Waals surface area contributed by atoms with Gasteiger partial charge in [-0.1, -0.05) is 13.8 Å². The van der Waals surface area contributed by atoms with Gasteiger partial charge in [0.15, 0.2) is 0 Å². The summed E-state index contributed by atoms with van der Waals surface area (Å²) in [5.41, 5.74) is 5.04. The van der Waals surface area contributed by atoms with E-state index in [2.05, 4.69) is 13.8 Å². The van der Waals surface area contributed by atoms with Crippen molar-refractivity contribution in [1.29, 1.82) is 0 Å². The van der Waals surface area contributed by atoms with Crippen LogP contribution in [0.15, 0.2) is 0 Å². The van der Waals surface area contributed by atoms with Crippen LogP contribution in [0.1, 0.15) is 59.3 Å². The normalized spacial score (nSPS) is 29.8. The molecule has 0 heterocycles. The van der Waals surface area contributed by atoms with E-state index in [-0.39, 0.29) is 5.97 Å². The average Bonchev–Trinajstić information content (AvgIpc) is 2.36. The number of nitrogens with two attached hydrogens (primary N) is 1. The Balaban J connectivity index is 2.14. The van der Waals surface area contributed by atoms with Crippen LogP contribution in [-0.4, -0.2) is 31.3 Å². The van der Waals surface area contributed by atoms with E-state index in [1.807, 2.05) is 0 Å². The molecular formula is C16H31NO3. The van der Waals surface area contributed by atoms with E-state index in [1.165, 1.54) is 26.4 Å². The molecule has 0 aromatic rings. The Morgan fingerprint density at radius 1 is 1.20 bits per heavy atom. The molecule has 2 N–H and O–H groups in total. The highest BCUT2D eigenvalue weighted by atomic mass is 16.5. The van der Waals surface area contributed by atoms with Gasteiger partial charge < -0.3 is 15.2 Å². The SMILES string of the molecule is COC(=O)C(C)(N)CCCCOC1CC(C)CC(C)C1. The van der Waals surface area contributed by atoms with E-state index in [9.17, 15) is 4.79 Å². The number of carbonyl (C=O) groups is 1. The maximum atomic E-state index is 11.4. The summed E-state index contributed by atoms with van der Waals surface area (Å²) in [6.45, 7) is 7.11. The van der Waals surface area contributed by atoms with Crippen LogP contribution >= 0.6 is 0 Å². The molecule has 1 saturated carbocycles. The molecule has 0 aromatic heterocycles. The Kier molecular flexibility index (Phi) is 6.96. The van der Waals surface area contributed by atoms with Crippen molar-refractivity contribution in [2.45, 2.75) is 70.9 Å². The van der Waals surface area contributed by atoms with Crippen LogP contribution < -0.4 is 5.73 Å². The van der Waals surface area contributed by atoms with Crippen molar-refractivity contribution < 1.29 is 14.3 Å². The molecule has 0 saturated heterocycles. The number of hydrogen-bond acceptors (Lipinski definition) is 4. The lowest BCUT2D eigenvalue weighted by molar-refractivity contribution is -0.146. The molecule has 118 valence electrons. The summed E-state index contributed by atoms with van der Waals surface area (Å²) in [4.78, 5) is 11.4. The fourth-order valence-electron chi connectivity index (χ4n) is 3.19. The summed E-state index contributed by atoms with van der Waals surface area (Å²) in [5, 5.41) is 0. The first-order valence-electron chi connectivity index (χ1n) is 7.84. The first-order chi connectivity index (χ1) is 9.35. The second-order valence-electron chi connectivity index (χ2n) is 6.78. The molecule has 1 aliphatic carbocycles. The Hall–Kier alpha value is -0.610. The summed E-state index contributed by atoms with van der Waals surface area (Å²) in [6.07, 6.45) is 6.58. The highest BCUT2D eigenvalue weighted by Gasteiger charge is 2.28. The number of esters is 1. The molecule has 0 radical (unpaired) electrons. The summed E-state index contributed by atoms with van der Waals surface area (Å²) in [7, 11) is 1.38. The van der Waals surface area contributed by atoms with Crippen molar-refractivity contribution in [2.75, 3.05) is 13.7 Å². The monoisotopic (exact) mass is 285 g/mol. The van der Waals surface area contributed by atoms with Crippen LogP contribution in [0, 0.1) is 11.8 Å². The molecule has 0 aromatic carbocycles. The standard InChI is InChI=1S/C16H31NO3/c1-12-9-13(2)11-14(10-12)20-8-6-5-7-16(3,17)15(18)19-4/h12-14H,5-11,17H2,1-4H3. The van der Waals surface area contributed by atoms with Crippen LogP contribution in [0.3, 0.4) is 0 Å². The van der Waals surface area contributed by atoms with Gasteiger partial charge in [-0.05, 0) is 57.3 Å². The topological polar surface area (TPSA) is 61.5 Å². The molecule has 1 rings (SSSR count). The predicted molar refractivity (Wildman–Crippen MR) is 80.4 cm³/mol. The maximum absolute atomic E-state index is 11.4. The van der Waals surface area contributed by atoms with Gasteiger partial charge in [0.05, 0.1) is 13.2 Å². The quantitative estimate of drug-likeness (QED) is 0.577. The zero-order chi connectivity index (χ0) is 15.2. The summed E-state index contributed by atoms with van der Waals surface area (Å²) < 4.78 is 10.7. The number of carbonyl (C=O) groups excluding carboxylic acids is 1. The van der Waals surface area contributed by atoms with Gasteiger partial charge in [0.25, 0.3) is 0 Å². The third-order valence-electron chi connectivity index (χ3n) is 4.23. The Bertz CT molecular complexity index is 294. The first-order valence-corrected chi connectivity index (χ1v) is 7.84. The lowest BCUT2D eigenvalue weighted by Gasteiger charge is -2.31. The van der Waals surface area contributed by atoms with Gasteiger partial charge in [0.2, 0.25) is 0 Å². The third-order valence-corrected chi connectivity index (χ3v) is 4.23. The molecule has 0 bridgehead atoms. The van der Waals surface area contributed by atoms with Gasteiger partial charge >= 0.3 is 5.97 Å². The van der Waals surface area contributed by atoms with Crippen molar-refractivity contribution in [1.82, 2.24) is 0 Å². The molecule has 0 spiro atoms. The molecule has 0 aliphatic heterocycles. The summed E-state index contributed by atoms with van der Waals surface area (Å²) in [5.74, 6) is 1.21. The molecule has 3 unspecified atom stereocenters. The molecule has 1 fully saturated rings. The van der Waals surface area contributed by atoms with Crippen molar-refractivity contribution in [3.63, 3.8) is 0 Å². The van der Waals surface area contributed by atoms with Crippen molar-refractivity contribution in [3.05, 3.63) is 0 Å². The van der Waals surface area contributed by atoms with E-state index < -0.39 is 5.54 Å². The highest BCUT2D eigenvalue weighted by Crippen LogP contribution is 2.30. The number of unbranched alkanes of at least 4 members (excludes halogenated alkanes) is 1. The minimum absolute atomic E-state index is 0.339. The van der Waals surface area contributed by atoms with Crippen molar-refractivity contribution >= 4 is 5.97 Å². The molecular weight excluding hydrogens is 254 g/mol. The van der Waals surface area contributed by atoms with Crippen LogP contribution in [0.25, 0.3) is 0 Å². The van der Waals surface area contributed by atoms with Crippen LogP contribution in [0.2, 0.25) is 0 Å². The van der Waals surface area contributed by atoms with E-state index in [1.54, 1.807) is 6.92 Å². The molecule has 20 heavy (non-hydrogen) atoms. The highest BCUT2D eigenvalue weighted by molar-refractivity contribution is 5.79. The van der Waals surface area contributed by atoms with Crippen LogP contribution in [0.4, 0.5) is 0 Å². The lowest BCUT2D eigenvalue weighted by Crippen LogP contribution is -2.45. The van der Waals surface area contributed by atoms with Crippen molar-refractivity contribution in [2.24, 2.45) is 17.6 Å². The van der Waals surface area contributed by atoms with Gasteiger partial charge in [0.1, 0.15) is 5.54 Å². The maximum Gasteiger partial charge on any atom is 0.325 e. The smallest absolute Gasteiger partial charge is 0.325 e. The van der Waals surface area contributed by atoms with Gasteiger partial charge in [-0.2, -0.15) is 0 Å². The fourth-order valence-corrected chi connectivity index (χ4v) is 3.19. The number of rotatable bonds is 7. The summed E-state index contributed by atoms with van der Waals surface area (Å²) >= 11 is 0. The van der Waals surface area contributed by atoms with Crippen molar-refractivity contribution in [3.8, 4) is 0 Å². The van der Waals surface area contributed by atoms with Gasteiger partial charge in [0, 0.05) is 6.61 Å². The zero-order valence-corrected chi connectivity index (χ0v) is 13.5. The third kappa shape index (κ3) is 5.80. The molecule has 3 atom stereocenters. The molecule has 0 amide bonds. The van der Waals surface area contributed by atoms with Gasteiger partial charge in [-0.15, -0.1) is 0 Å². The van der Waals surface area contributed by atoms with E-state index >= 15 is 0 Å². The van der Waals surface area contributed by atoms with E-state index in [4.69, 9.17) is 15.2 Å². The predicted octanol–water partition coefficient (Wildman–Crippen LogP) is 2.89. The number of methoxy groups -OCH3 is 1. The first kappa shape index (κ1) is 17.4. The zero-order valence-electron chi connectivity index (χ0n) is 13.5. The minimum Gasteiger partial charge on any atom is -0.468 e. The average molecular weight is 285 g/mol. The Morgan fingerprint density at radius 2 is 1.80 bits per heavy atom. The second kappa shape index (κ2) is 7.99. The Morgan fingerprint density at radius 3 is 2.35 bits per heavy atom. The van der Waals surface area contributed by atoms with Crippen LogP contribution in [-0.2, 0) is 14.3 Å². The van der Waals surface area contributed by atoms with Gasteiger partial charge in [-0.3, -0.25) is 4.79 Å². The molecule has 1 aliphatic rings. The fraction of sp³-hybridized carbons (Fsp3) is 0.938. The number of ether oxygens (including phenoxy) is 2. The van der Waals surface area contributed by atoms with Crippen LogP contribution in [0.5, 0.6) is 0 Å². The number of hydrogen-bond donors (Lipinski definition) is 1. The van der Waals surface area contributed by atoms with E-state index in [0.717, 1.165) is 31.3 Å². The second-order valence-corrected chi connectivity index (χ2v) is 6.78. The minimum atomic E-state index is -0.872. The molecule has 4 nitrogen and oxygen atoms in total. The van der Waals surface area contributed by atoms with E-state index in [0.29, 0.717) is 12.5 Å². The lowest BCUT2D eigenvalue weighted by atomic mass is 9.82. The Labute approximate surface area is 123 Å². The molecule has 4 heteroatoms. The largest absolute Gasteiger partial charge is 0.468 e. The summed E-state index contributed by atoms with van der Waals surface area (Å²) in [6, 6.07) is 0. The van der Waals surface area contributed by atoms with Gasteiger partial charge in [-0.25, -0.2) is 0 Å².